The van der Waals surface area contributed by atoms with E-state index in [4.69, 9.17) is 9.47 Å². The second-order valence-electron chi connectivity index (χ2n) is 3.95. The lowest BCUT2D eigenvalue weighted by Crippen LogP contribution is -2.37. The fourth-order valence-corrected chi connectivity index (χ4v) is 1.68. The summed E-state index contributed by atoms with van der Waals surface area (Å²) in [5, 5.41) is 3.12. The monoisotopic (exact) mass is 243 g/mol. The van der Waals surface area contributed by atoms with Crippen molar-refractivity contribution in [3.05, 3.63) is 35.4 Å². The van der Waals surface area contributed by atoms with Gasteiger partial charge in [-0.3, -0.25) is 0 Å². The van der Waals surface area contributed by atoms with Crippen LogP contribution in [0.5, 0.6) is 0 Å². The van der Waals surface area contributed by atoms with Crippen LogP contribution in [-0.2, 0) is 16.0 Å². The molecule has 0 radical (unpaired) electrons. The molecule has 1 fully saturated rings. The molecule has 17 heavy (non-hydrogen) atoms. The lowest BCUT2D eigenvalue weighted by molar-refractivity contribution is -0.0864. The number of ether oxygens (including phenoxy) is 2. The van der Waals surface area contributed by atoms with Gasteiger partial charge in [0, 0.05) is 13.1 Å². The predicted molar refractivity (Wildman–Crippen MR) is 58.6 cm³/mol. The molecule has 1 unspecified atom stereocenters. The zero-order valence-electron chi connectivity index (χ0n) is 9.42. The maximum Gasteiger partial charge on any atom is 0.159 e. The Morgan fingerprint density at radius 2 is 2.12 bits per heavy atom. The molecule has 1 aliphatic heterocycles. The lowest BCUT2D eigenvalue weighted by atomic mass is 10.2. The highest BCUT2D eigenvalue weighted by Crippen LogP contribution is 2.08. The molecule has 2 rings (SSSR count). The van der Waals surface area contributed by atoms with E-state index in [2.05, 4.69) is 5.32 Å². The molecule has 1 aromatic rings. The van der Waals surface area contributed by atoms with E-state index in [0.717, 1.165) is 6.07 Å². The molecule has 0 aromatic heterocycles. The van der Waals surface area contributed by atoms with Gasteiger partial charge in [-0.25, -0.2) is 8.78 Å². The second kappa shape index (κ2) is 6.05. The molecule has 0 spiro atoms. The van der Waals surface area contributed by atoms with Gasteiger partial charge >= 0.3 is 0 Å². The molecule has 3 nitrogen and oxygen atoms in total. The third-order valence-electron chi connectivity index (χ3n) is 2.57. The molecule has 0 saturated carbocycles. The van der Waals surface area contributed by atoms with E-state index in [9.17, 15) is 8.78 Å². The average Bonchev–Trinajstić information content (AvgIpc) is 2.35. The van der Waals surface area contributed by atoms with Crippen molar-refractivity contribution < 1.29 is 18.3 Å². The first-order valence-electron chi connectivity index (χ1n) is 5.59. The first kappa shape index (κ1) is 12.4. The Kier molecular flexibility index (Phi) is 4.42. The molecular formula is C12H15F2NO2. The number of benzene rings is 1. The van der Waals surface area contributed by atoms with E-state index in [0.29, 0.717) is 38.5 Å². The number of nitrogens with one attached hydrogen (secondary N) is 1. The van der Waals surface area contributed by atoms with Crippen molar-refractivity contribution >= 4 is 0 Å². The van der Waals surface area contributed by atoms with Crippen molar-refractivity contribution in [1.82, 2.24) is 5.32 Å². The van der Waals surface area contributed by atoms with E-state index < -0.39 is 11.6 Å². The van der Waals surface area contributed by atoms with Crippen LogP contribution in [0.25, 0.3) is 0 Å². The molecule has 94 valence electrons. The first-order valence-corrected chi connectivity index (χ1v) is 5.59. The van der Waals surface area contributed by atoms with Crippen molar-refractivity contribution in [1.29, 1.82) is 0 Å². The highest BCUT2D eigenvalue weighted by molar-refractivity contribution is 5.17. The largest absolute Gasteiger partial charge is 0.376 e. The summed E-state index contributed by atoms with van der Waals surface area (Å²) in [4.78, 5) is 0. The van der Waals surface area contributed by atoms with Crippen molar-refractivity contribution in [3.8, 4) is 0 Å². The molecule has 1 atom stereocenters. The van der Waals surface area contributed by atoms with Crippen molar-refractivity contribution in [2.45, 2.75) is 12.6 Å². The van der Waals surface area contributed by atoms with Gasteiger partial charge in [-0.1, -0.05) is 6.07 Å². The third-order valence-corrected chi connectivity index (χ3v) is 2.57. The van der Waals surface area contributed by atoms with Gasteiger partial charge in [-0.15, -0.1) is 0 Å². The average molecular weight is 243 g/mol. The summed E-state index contributed by atoms with van der Waals surface area (Å²) in [5.74, 6) is -1.64. The minimum atomic E-state index is -0.822. The summed E-state index contributed by atoms with van der Waals surface area (Å²) in [6, 6.07) is 3.89. The van der Waals surface area contributed by atoms with Crippen LogP contribution in [0, 0.1) is 11.6 Å². The summed E-state index contributed by atoms with van der Waals surface area (Å²) in [5.41, 5.74) is 0.709. The Bertz CT molecular complexity index is 368. The van der Waals surface area contributed by atoms with Crippen LogP contribution in [-0.4, -0.2) is 32.5 Å². The van der Waals surface area contributed by atoms with Crippen LogP contribution in [0.3, 0.4) is 0 Å². The maximum atomic E-state index is 12.9. The fraction of sp³-hybridized carbons (Fsp3) is 0.500. The normalized spacial score (nSPS) is 20.5. The zero-order chi connectivity index (χ0) is 12.1. The number of rotatable bonds is 4. The summed E-state index contributed by atoms with van der Waals surface area (Å²) < 4.78 is 36.3. The van der Waals surface area contributed by atoms with Gasteiger partial charge in [-0.2, -0.15) is 0 Å². The summed E-state index contributed by atoms with van der Waals surface area (Å²) in [7, 11) is 0. The van der Waals surface area contributed by atoms with Gasteiger partial charge in [0.25, 0.3) is 0 Å². The Morgan fingerprint density at radius 3 is 2.82 bits per heavy atom. The zero-order valence-corrected chi connectivity index (χ0v) is 9.42. The van der Waals surface area contributed by atoms with E-state index in [1.54, 1.807) is 6.07 Å². The molecule has 1 aromatic carbocycles. The van der Waals surface area contributed by atoms with Crippen molar-refractivity contribution in [2.75, 3.05) is 26.4 Å². The number of hydrogen-bond acceptors (Lipinski definition) is 3. The summed E-state index contributed by atoms with van der Waals surface area (Å²) in [6.07, 6.45) is 0.0362. The Hall–Kier alpha value is -1.04. The van der Waals surface area contributed by atoms with E-state index in [-0.39, 0.29) is 6.10 Å². The van der Waals surface area contributed by atoms with Crippen LogP contribution in [0.15, 0.2) is 18.2 Å². The second-order valence-corrected chi connectivity index (χ2v) is 3.95. The smallest absolute Gasteiger partial charge is 0.159 e. The molecule has 5 heteroatoms. The van der Waals surface area contributed by atoms with Crippen LogP contribution in [0.2, 0.25) is 0 Å². The molecule has 0 amide bonds. The Labute approximate surface area is 98.7 Å². The number of halogens is 2. The summed E-state index contributed by atoms with van der Waals surface area (Å²) >= 11 is 0. The SMILES string of the molecule is Fc1ccc(CNCC2COCCO2)cc1F. The minimum Gasteiger partial charge on any atom is -0.376 e. The molecule has 1 heterocycles. The molecule has 1 N–H and O–H groups in total. The fourth-order valence-electron chi connectivity index (χ4n) is 1.68. The molecule has 0 bridgehead atoms. The minimum absolute atomic E-state index is 0.0362. The van der Waals surface area contributed by atoms with Gasteiger partial charge in [-0.05, 0) is 17.7 Å². The topological polar surface area (TPSA) is 30.5 Å². The molecule has 0 aliphatic carbocycles. The molecular weight excluding hydrogens is 228 g/mol. The quantitative estimate of drug-likeness (QED) is 0.868. The molecule has 1 saturated heterocycles. The van der Waals surface area contributed by atoms with Crippen LogP contribution >= 0.6 is 0 Å². The van der Waals surface area contributed by atoms with Gasteiger partial charge in [0.15, 0.2) is 11.6 Å². The highest BCUT2D eigenvalue weighted by atomic mass is 19.2. The van der Waals surface area contributed by atoms with E-state index >= 15 is 0 Å². The summed E-state index contributed by atoms with van der Waals surface area (Å²) in [6.45, 7) is 2.94. The lowest BCUT2D eigenvalue weighted by Gasteiger charge is -2.23. The van der Waals surface area contributed by atoms with Crippen LogP contribution in [0.1, 0.15) is 5.56 Å². The van der Waals surface area contributed by atoms with E-state index in [1.807, 2.05) is 0 Å². The van der Waals surface area contributed by atoms with Gasteiger partial charge in [0.05, 0.1) is 25.9 Å². The maximum absolute atomic E-state index is 12.9. The first-order chi connectivity index (χ1) is 8.25. The highest BCUT2D eigenvalue weighted by Gasteiger charge is 2.13. The van der Waals surface area contributed by atoms with Gasteiger partial charge in [0.2, 0.25) is 0 Å². The van der Waals surface area contributed by atoms with Crippen molar-refractivity contribution in [3.63, 3.8) is 0 Å². The van der Waals surface area contributed by atoms with Crippen LogP contribution in [0.4, 0.5) is 8.78 Å². The van der Waals surface area contributed by atoms with Gasteiger partial charge in [0.1, 0.15) is 0 Å². The standard InChI is InChI=1S/C12H15F2NO2/c13-11-2-1-9(5-12(11)14)6-15-7-10-8-16-3-4-17-10/h1-2,5,10,15H,3-4,6-8H2. The molecule has 1 aliphatic rings. The predicted octanol–water partition coefficient (Wildman–Crippen LogP) is 1.47. The third kappa shape index (κ3) is 3.73. The Morgan fingerprint density at radius 1 is 1.24 bits per heavy atom. The van der Waals surface area contributed by atoms with Crippen LogP contribution < -0.4 is 5.32 Å². The van der Waals surface area contributed by atoms with E-state index in [1.165, 1.54) is 6.07 Å². The Balaban J connectivity index is 1.75. The van der Waals surface area contributed by atoms with Gasteiger partial charge < -0.3 is 14.8 Å². The van der Waals surface area contributed by atoms with Crippen molar-refractivity contribution in [2.24, 2.45) is 0 Å². The number of hydrogen-bond donors (Lipinski definition) is 1.